The Morgan fingerprint density at radius 1 is 1.31 bits per heavy atom. The number of aliphatic hydroxyl groups excluding tert-OH is 3. The van der Waals surface area contributed by atoms with E-state index < -0.39 is 43.2 Å². The molecule has 1 saturated heterocycles. The van der Waals surface area contributed by atoms with Crippen molar-refractivity contribution < 1.29 is 34.5 Å². The average molecular weight is 450 g/mol. The van der Waals surface area contributed by atoms with Gasteiger partial charge in [0.25, 0.3) is 5.91 Å². The van der Waals surface area contributed by atoms with Crippen molar-refractivity contribution in [1.82, 2.24) is 5.32 Å². The lowest BCUT2D eigenvalue weighted by Gasteiger charge is -2.40. The van der Waals surface area contributed by atoms with Crippen LogP contribution >= 0.6 is 0 Å². The predicted octanol–water partition coefficient (Wildman–Crippen LogP) is 0.0521. The highest BCUT2D eigenvalue weighted by atomic mass is 16.8. The predicted molar refractivity (Wildman–Crippen MR) is 116 cm³/mol. The van der Waals surface area contributed by atoms with Crippen LogP contribution in [0.5, 0.6) is 0 Å². The van der Waals surface area contributed by atoms with Crippen LogP contribution in [-0.2, 0) is 19.2 Å². The van der Waals surface area contributed by atoms with Crippen molar-refractivity contribution in [2.75, 3.05) is 18.1 Å². The second-order valence-electron chi connectivity index (χ2n) is 8.64. The van der Waals surface area contributed by atoms with E-state index in [0.29, 0.717) is 18.0 Å². The number of hydrogen-bond donors (Lipinski definition) is 4. The van der Waals surface area contributed by atoms with Crippen LogP contribution in [0.1, 0.15) is 38.3 Å². The Balaban J connectivity index is 1.89. The molecule has 32 heavy (non-hydrogen) atoms. The standard InChI is InChI=1S/C22H31N3O7/c1-11(2)7-8-25-15-6-5-12(3)9-14(15)17(21(25)30)24-32-22-18(23-13(4)27)20(29)19(28)16(10-26)31-22/h5-6,9,11,16,18-20,22,26,28-29H,7-8,10H2,1-4H3,(H,23,27)/b24-17+. The summed E-state index contributed by atoms with van der Waals surface area (Å²) in [4.78, 5) is 31.9. The van der Waals surface area contributed by atoms with Crippen LogP contribution in [0.25, 0.3) is 0 Å². The maximum atomic E-state index is 13.1. The van der Waals surface area contributed by atoms with E-state index in [1.807, 2.05) is 25.1 Å². The molecule has 4 N–H and O–H groups in total. The van der Waals surface area contributed by atoms with Crippen LogP contribution in [0, 0.1) is 12.8 Å². The van der Waals surface area contributed by atoms with Gasteiger partial charge in [-0.1, -0.05) is 30.6 Å². The molecular formula is C22H31N3O7. The zero-order valence-electron chi connectivity index (χ0n) is 18.7. The lowest BCUT2D eigenvalue weighted by atomic mass is 9.97. The van der Waals surface area contributed by atoms with E-state index in [9.17, 15) is 24.9 Å². The van der Waals surface area contributed by atoms with Gasteiger partial charge < -0.3 is 35.1 Å². The van der Waals surface area contributed by atoms with Crippen molar-refractivity contribution in [3.63, 3.8) is 0 Å². The van der Waals surface area contributed by atoms with Crippen molar-refractivity contribution in [1.29, 1.82) is 0 Å². The number of carbonyl (C=O) groups is 2. The number of amides is 2. The molecule has 3 rings (SSSR count). The van der Waals surface area contributed by atoms with Gasteiger partial charge in [0.15, 0.2) is 5.71 Å². The SMILES string of the molecule is CC(=O)NC1C(O/N=C2/C(=O)N(CCC(C)C)c3ccc(C)cc32)OC(CO)C(O)C1O. The summed E-state index contributed by atoms with van der Waals surface area (Å²) in [7, 11) is 0. The number of carbonyl (C=O) groups excluding carboxylic acids is 2. The zero-order valence-corrected chi connectivity index (χ0v) is 18.7. The number of benzene rings is 1. The number of hydrogen-bond acceptors (Lipinski definition) is 8. The minimum Gasteiger partial charge on any atom is -0.394 e. The fraction of sp³-hybridized carbons (Fsp3) is 0.591. The fourth-order valence-corrected chi connectivity index (χ4v) is 3.79. The molecule has 0 aromatic heterocycles. The Labute approximate surface area is 186 Å². The van der Waals surface area contributed by atoms with Gasteiger partial charge in [0.05, 0.1) is 12.3 Å². The summed E-state index contributed by atoms with van der Waals surface area (Å²) in [6.45, 7) is 7.25. The molecule has 1 fully saturated rings. The normalized spacial score (nSPS) is 28.9. The molecule has 5 atom stereocenters. The smallest absolute Gasteiger partial charge is 0.281 e. The molecule has 1 aromatic carbocycles. The first-order valence-electron chi connectivity index (χ1n) is 10.7. The minimum atomic E-state index is -1.47. The first-order chi connectivity index (χ1) is 15.1. The Bertz CT molecular complexity index is 888. The Hall–Kier alpha value is -2.53. The van der Waals surface area contributed by atoms with Crippen molar-refractivity contribution in [3.8, 4) is 0 Å². The maximum absolute atomic E-state index is 13.1. The molecule has 0 bridgehead atoms. The lowest BCUT2D eigenvalue weighted by Crippen LogP contribution is -2.64. The number of anilines is 1. The van der Waals surface area contributed by atoms with E-state index in [0.717, 1.165) is 17.7 Å². The van der Waals surface area contributed by atoms with Crippen LogP contribution in [0.3, 0.4) is 0 Å². The monoisotopic (exact) mass is 449 g/mol. The highest BCUT2D eigenvalue weighted by Crippen LogP contribution is 2.31. The number of fused-ring (bicyclic) bond motifs is 1. The van der Waals surface area contributed by atoms with Crippen LogP contribution < -0.4 is 10.2 Å². The molecule has 0 radical (unpaired) electrons. The third kappa shape index (κ3) is 4.93. The van der Waals surface area contributed by atoms with Crippen molar-refractivity contribution in [3.05, 3.63) is 29.3 Å². The highest BCUT2D eigenvalue weighted by molar-refractivity contribution is 6.54. The van der Waals surface area contributed by atoms with E-state index in [4.69, 9.17) is 9.57 Å². The van der Waals surface area contributed by atoms with Crippen LogP contribution in [0.15, 0.2) is 23.4 Å². The van der Waals surface area contributed by atoms with Gasteiger partial charge >= 0.3 is 0 Å². The number of aliphatic hydroxyl groups is 3. The summed E-state index contributed by atoms with van der Waals surface area (Å²) < 4.78 is 5.52. The third-order valence-electron chi connectivity index (χ3n) is 5.57. The van der Waals surface area contributed by atoms with Gasteiger partial charge in [-0.25, -0.2) is 0 Å². The van der Waals surface area contributed by atoms with E-state index in [-0.39, 0.29) is 11.6 Å². The summed E-state index contributed by atoms with van der Waals surface area (Å²) >= 11 is 0. The Morgan fingerprint density at radius 3 is 2.66 bits per heavy atom. The molecule has 2 aliphatic heterocycles. The third-order valence-corrected chi connectivity index (χ3v) is 5.57. The second-order valence-corrected chi connectivity index (χ2v) is 8.64. The van der Waals surface area contributed by atoms with Crippen molar-refractivity contribution in [2.45, 2.75) is 64.8 Å². The highest BCUT2D eigenvalue weighted by Gasteiger charge is 2.46. The molecule has 5 unspecified atom stereocenters. The number of oxime groups is 1. The van der Waals surface area contributed by atoms with Gasteiger partial charge in [0.2, 0.25) is 12.2 Å². The molecular weight excluding hydrogens is 418 g/mol. The van der Waals surface area contributed by atoms with Gasteiger partial charge in [-0.2, -0.15) is 0 Å². The van der Waals surface area contributed by atoms with Gasteiger partial charge in [-0.3, -0.25) is 9.59 Å². The topological polar surface area (TPSA) is 141 Å². The lowest BCUT2D eigenvalue weighted by molar-refractivity contribution is -0.270. The summed E-state index contributed by atoms with van der Waals surface area (Å²) in [5.41, 5.74) is 2.37. The summed E-state index contributed by atoms with van der Waals surface area (Å²) in [5, 5.41) is 36.5. The summed E-state index contributed by atoms with van der Waals surface area (Å²) in [6.07, 6.45) is -4.56. The van der Waals surface area contributed by atoms with E-state index in [1.165, 1.54) is 6.92 Å². The number of aryl methyl sites for hydroxylation is 1. The maximum Gasteiger partial charge on any atom is 0.281 e. The van der Waals surface area contributed by atoms with E-state index in [2.05, 4.69) is 24.3 Å². The van der Waals surface area contributed by atoms with Crippen LogP contribution in [-0.4, -0.2) is 76.6 Å². The molecule has 0 aliphatic carbocycles. The zero-order chi connectivity index (χ0) is 23.6. The van der Waals surface area contributed by atoms with Crippen molar-refractivity contribution in [2.24, 2.45) is 11.1 Å². The summed E-state index contributed by atoms with van der Waals surface area (Å²) in [6, 6.07) is 4.47. The molecule has 10 heteroatoms. The fourth-order valence-electron chi connectivity index (χ4n) is 3.79. The largest absolute Gasteiger partial charge is 0.394 e. The van der Waals surface area contributed by atoms with E-state index >= 15 is 0 Å². The molecule has 0 saturated carbocycles. The number of nitrogens with one attached hydrogen (secondary N) is 1. The van der Waals surface area contributed by atoms with Gasteiger partial charge in [0, 0.05) is 19.0 Å². The van der Waals surface area contributed by atoms with Gasteiger partial charge in [-0.15, -0.1) is 0 Å². The quantitative estimate of drug-likeness (QED) is 0.431. The molecule has 0 spiro atoms. The molecule has 2 aliphatic rings. The first-order valence-corrected chi connectivity index (χ1v) is 10.7. The molecule has 1 aromatic rings. The number of rotatable bonds is 7. The number of ether oxygens (including phenoxy) is 1. The first kappa shape index (κ1) is 24.1. The molecule has 2 heterocycles. The Morgan fingerprint density at radius 2 is 2.03 bits per heavy atom. The Kier molecular flexibility index (Phi) is 7.50. The van der Waals surface area contributed by atoms with Crippen molar-refractivity contribution >= 4 is 23.2 Å². The minimum absolute atomic E-state index is 0.0822. The molecule has 176 valence electrons. The van der Waals surface area contributed by atoms with Gasteiger partial charge in [0.1, 0.15) is 24.4 Å². The van der Waals surface area contributed by atoms with E-state index in [1.54, 1.807) is 4.90 Å². The number of nitrogens with zero attached hydrogens (tertiary/aromatic N) is 2. The second kappa shape index (κ2) is 9.95. The van der Waals surface area contributed by atoms with Gasteiger partial charge in [-0.05, 0) is 31.4 Å². The molecule has 10 nitrogen and oxygen atoms in total. The van der Waals surface area contributed by atoms with Crippen LogP contribution in [0.4, 0.5) is 5.69 Å². The van der Waals surface area contributed by atoms with Crippen LogP contribution in [0.2, 0.25) is 0 Å². The molecule has 2 amide bonds. The average Bonchev–Trinajstić information content (AvgIpc) is 2.99. The summed E-state index contributed by atoms with van der Waals surface area (Å²) in [5.74, 6) is -0.393.